The molecule has 0 amide bonds. The van der Waals surface area contributed by atoms with E-state index in [1.165, 1.54) is 37.4 Å². The van der Waals surface area contributed by atoms with Crippen molar-refractivity contribution in [3.63, 3.8) is 0 Å². The molecule has 8 nitrogen and oxygen atoms in total. The molecule has 0 bridgehead atoms. The van der Waals surface area contributed by atoms with E-state index in [1.807, 2.05) is 12.1 Å². The van der Waals surface area contributed by atoms with E-state index in [2.05, 4.69) is 15.1 Å². The highest BCUT2D eigenvalue weighted by Crippen LogP contribution is 2.38. The van der Waals surface area contributed by atoms with E-state index in [4.69, 9.17) is 9.47 Å². The summed E-state index contributed by atoms with van der Waals surface area (Å²) >= 11 is 0. The van der Waals surface area contributed by atoms with Gasteiger partial charge in [0.2, 0.25) is 10.0 Å². The van der Waals surface area contributed by atoms with Gasteiger partial charge in [-0.2, -0.15) is 9.40 Å². The van der Waals surface area contributed by atoms with Crippen molar-refractivity contribution in [2.24, 2.45) is 0 Å². The zero-order valence-corrected chi connectivity index (χ0v) is 16.9. The number of sulfonamides is 1. The molecule has 0 atom stereocenters. The minimum absolute atomic E-state index is 0.122. The summed E-state index contributed by atoms with van der Waals surface area (Å²) in [5.74, 6) is 2.15. The Hall–Kier alpha value is -2.39. The Morgan fingerprint density at radius 1 is 0.964 bits per heavy atom. The van der Waals surface area contributed by atoms with E-state index in [1.54, 1.807) is 12.1 Å². The van der Waals surface area contributed by atoms with Gasteiger partial charge in [-0.15, -0.1) is 5.10 Å². The quantitative estimate of drug-likeness (QED) is 0.727. The van der Waals surface area contributed by atoms with Gasteiger partial charge in [-0.05, 0) is 37.1 Å². The fourth-order valence-corrected chi connectivity index (χ4v) is 4.98. The van der Waals surface area contributed by atoms with E-state index in [0.29, 0.717) is 43.6 Å². The summed E-state index contributed by atoms with van der Waals surface area (Å²) in [7, 11) is -0.720. The van der Waals surface area contributed by atoms with E-state index < -0.39 is 10.0 Å². The van der Waals surface area contributed by atoms with Crippen LogP contribution in [0.25, 0.3) is 0 Å². The fourth-order valence-electron chi connectivity index (χ4n) is 3.38. The summed E-state index contributed by atoms with van der Waals surface area (Å²) in [5.41, 5.74) is 1.05. The van der Waals surface area contributed by atoms with Crippen LogP contribution in [0, 0.1) is 0 Å². The monoisotopic (exact) mass is 404 g/mol. The third-order valence-corrected chi connectivity index (χ3v) is 7.14. The molecule has 1 saturated heterocycles. The van der Waals surface area contributed by atoms with Gasteiger partial charge in [-0.1, -0.05) is 0 Å². The molecule has 0 radical (unpaired) electrons. The first kappa shape index (κ1) is 18.9. The molecule has 2 aromatic rings. The van der Waals surface area contributed by atoms with Gasteiger partial charge in [0, 0.05) is 38.2 Å². The molecular formula is C19H24N4O4S. The molecule has 1 aromatic carbocycles. The third-order valence-electron chi connectivity index (χ3n) is 5.22. The Morgan fingerprint density at radius 3 is 2.29 bits per heavy atom. The van der Waals surface area contributed by atoms with Crippen LogP contribution < -0.4 is 14.4 Å². The summed E-state index contributed by atoms with van der Waals surface area (Å²) in [4.78, 5) is 2.19. The lowest BCUT2D eigenvalue weighted by Crippen LogP contribution is -2.49. The van der Waals surface area contributed by atoms with Crippen LogP contribution in [0.3, 0.4) is 0 Å². The minimum Gasteiger partial charge on any atom is -0.497 e. The summed E-state index contributed by atoms with van der Waals surface area (Å²) in [5, 5.41) is 8.65. The number of anilines is 1. The number of piperazine rings is 1. The number of rotatable bonds is 6. The fraction of sp³-hybridized carbons (Fsp3) is 0.474. The van der Waals surface area contributed by atoms with Crippen LogP contribution in [-0.2, 0) is 10.0 Å². The minimum atomic E-state index is -3.69. The lowest BCUT2D eigenvalue weighted by Gasteiger charge is -2.34. The average Bonchev–Trinajstić information content (AvgIpc) is 3.59. The maximum atomic E-state index is 13.1. The second kappa shape index (κ2) is 7.56. The summed E-state index contributed by atoms with van der Waals surface area (Å²) in [6.07, 6.45) is 2.39. The highest BCUT2D eigenvalue weighted by atomic mass is 32.2. The smallest absolute Gasteiger partial charge is 0.247 e. The van der Waals surface area contributed by atoms with Crippen LogP contribution in [0.1, 0.15) is 24.5 Å². The molecule has 2 fully saturated rings. The molecule has 1 aliphatic heterocycles. The van der Waals surface area contributed by atoms with Gasteiger partial charge in [0.15, 0.2) is 5.82 Å². The molecule has 0 N–H and O–H groups in total. The number of hydrogen-bond donors (Lipinski definition) is 0. The first-order chi connectivity index (χ1) is 13.5. The molecule has 2 aliphatic rings. The number of methoxy groups -OCH3 is 2. The van der Waals surface area contributed by atoms with Crippen molar-refractivity contribution in [3.8, 4) is 11.5 Å². The number of benzene rings is 1. The van der Waals surface area contributed by atoms with Gasteiger partial charge < -0.3 is 14.4 Å². The summed E-state index contributed by atoms with van der Waals surface area (Å²) < 4.78 is 38.2. The predicted molar refractivity (Wildman–Crippen MR) is 105 cm³/mol. The Bertz CT molecular complexity index is 937. The van der Waals surface area contributed by atoms with Crippen LogP contribution in [0.5, 0.6) is 11.5 Å². The van der Waals surface area contributed by atoms with Crippen molar-refractivity contribution in [3.05, 3.63) is 36.0 Å². The highest BCUT2D eigenvalue weighted by Gasteiger charge is 2.32. The van der Waals surface area contributed by atoms with E-state index in [9.17, 15) is 8.42 Å². The number of hydrogen-bond acceptors (Lipinski definition) is 7. The molecule has 1 aromatic heterocycles. The molecule has 1 aliphatic carbocycles. The molecule has 9 heteroatoms. The molecule has 0 spiro atoms. The third kappa shape index (κ3) is 3.64. The van der Waals surface area contributed by atoms with E-state index in [0.717, 1.165) is 11.5 Å². The first-order valence-corrected chi connectivity index (χ1v) is 10.8. The number of nitrogens with zero attached hydrogens (tertiary/aromatic N) is 4. The topological polar surface area (TPSA) is 84.9 Å². The Morgan fingerprint density at radius 2 is 1.71 bits per heavy atom. The van der Waals surface area contributed by atoms with Gasteiger partial charge in [0.1, 0.15) is 16.4 Å². The highest BCUT2D eigenvalue weighted by molar-refractivity contribution is 7.89. The number of ether oxygens (including phenoxy) is 2. The second-order valence-corrected chi connectivity index (χ2v) is 8.90. The van der Waals surface area contributed by atoms with Gasteiger partial charge in [0.25, 0.3) is 0 Å². The molecule has 28 heavy (non-hydrogen) atoms. The summed E-state index contributed by atoms with van der Waals surface area (Å²) in [6.45, 7) is 1.86. The Kier molecular flexibility index (Phi) is 5.11. The standard InChI is InChI=1S/C19H24N4O4S/c1-26-15-5-7-17(27-2)18(13-15)28(24,25)23-11-9-22(10-12-23)19-8-6-16(20-21-19)14-3-4-14/h5-8,13-14H,3-4,9-12H2,1-2H3. The van der Waals surface area contributed by atoms with Crippen molar-refractivity contribution >= 4 is 15.8 Å². The van der Waals surface area contributed by atoms with E-state index >= 15 is 0 Å². The maximum absolute atomic E-state index is 13.1. The molecule has 150 valence electrons. The van der Waals surface area contributed by atoms with Gasteiger partial charge >= 0.3 is 0 Å². The van der Waals surface area contributed by atoms with Crippen LogP contribution >= 0.6 is 0 Å². The lowest BCUT2D eigenvalue weighted by atomic mass is 10.2. The second-order valence-electron chi connectivity index (χ2n) is 7.00. The van der Waals surface area contributed by atoms with Crippen LogP contribution in [0.4, 0.5) is 5.82 Å². The lowest BCUT2D eigenvalue weighted by molar-refractivity contribution is 0.370. The molecule has 2 heterocycles. The Balaban J connectivity index is 1.48. The normalized spacial score (nSPS) is 18.1. The van der Waals surface area contributed by atoms with E-state index in [-0.39, 0.29) is 4.90 Å². The zero-order valence-electron chi connectivity index (χ0n) is 16.0. The van der Waals surface area contributed by atoms with Crippen LogP contribution in [0.2, 0.25) is 0 Å². The molecule has 0 unspecified atom stereocenters. The van der Waals surface area contributed by atoms with Crippen molar-refractivity contribution in [1.82, 2.24) is 14.5 Å². The average molecular weight is 404 g/mol. The van der Waals surface area contributed by atoms with Gasteiger partial charge in [-0.3, -0.25) is 0 Å². The number of aromatic nitrogens is 2. The maximum Gasteiger partial charge on any atom is 0.247 e. The predicted octanol–water partition coefficient (Wildman–Crippen LogP) is 1.88. The molecule has 1 saturated carbocycles. The first-order valence-electron chi connectivity index (χ1n) is 9.33. The van der Waals surface area contributed by atoms with Gasteiger partial charge in [0.05, 0.1) is 19.9 Å². The van der Waals surface area contributed by atoms with Crippen molar-refractivity contribution in [2.75, 3.05) is 45.3 Å². The largest absolute Gasteiger partial charge is 0.497 e. The molecule has 4 rings (SSSR count). The van der Waals surface area contributed by atoms with Gasteiger partial charge in [-0.25, -0.2) is 8.42 Å². The Labute approximate surface area is 165 Å². The van der Waals surface area contributed by atoms with Crippen LogP contribution in [-0.4, -0.2) is 63.3 Å². The van der Waals surface area contributed by atoms with Crippen molar-refractivity contribution < 1.29 is 17.9 Å². The molecular weight excluding hydrogens is 380 g/mol. The van der Waals surface area contributed by atoms with Crippen molar-refractivity contribution in [1.29, 1.82) is 0 Å². The summed E-state index contributed by atoms with van der Waals surface area (Å²) in [6, 6.07) is 8.81. The zero-order chi connectivity index (χ0) is 19.7. The van der Waals surface area contributed by atoms with Crippen molar-refractivity contribution in [2.45, 2.75) is 23.7 Å². The van der Waals surface area contributed by atoms with Crippen LogP contribution in [0.15, 0.2) is 35.2 Å². The SMILES string of the molecule is COc1ccc(OC)c(S(=O)(=O)N2CCN(c3ccc(C4CC4)nn3)CC2)c1.